The van der Waals surface area contributed by atoms with Crippen molar-refractivity contribution in [1.29, 1.82) is 0 Å². The van der Waals surface area contributed by atoms with E-state index in [0.29, 0.717) is 12.5 Å². The molecule has 0 atom stereocenters. The average molecular weight is 397 g/mol. The smallest absolute Gasteiger partial charge is 0.270 e. The van der Waals surface area contributed by atoms with Gasteiger partial charge in [-0.05, 0) is 38.5 Å². The monoisotopic (exact) mass is 397 g/mol. The van der Waals surface area contributed by atoms with Gasteiger partial charge in [-0.15, -0.1) is 0 Å². The highest BCUT2D eigenvalue weighted by molar-refractivity contribution is 5.93. The zero-order chi connectivity index (χ0) is 20.4. The Hall–Kier alpha value is -2.87. The summed E-state index contributed by atoms with van der Waals surface area (Å²) in [5, 5.41) is 2.94. The van der Waals surface area contributed by atoms with Crippen molar-refractivity contribution in [2.75, 3.05) is 37.9 Å². The molecule has 4 rings (SSSR count). The van der Waals surface area contributed by atoms with E-state index < -0.39 is 0 Å². The van der Waals surface area contributed by atoms with Crippen LogP contribution in [-0.4, -0.2) is 59.3 Å². The Bertz CT molecular complexity index is 888. The molecule has 8 heteroatoms. The van der Waals surface area contributed by atoms with Crippen LogP contribution in [0.15, 0.2) is 30.6 Å². The average Bonchev–Trinajstić information content (AvgIpc) is 3.15. The number of piperazine rings is 1. The second-order valence-electron chi connectivity index (χ2n) is 8.42. The maximum atomic E-state index is 12.4. The molecular weight excluding hydrogens is 370 g/mol. The third kappa shape index (κ3) is 4.76. The SMILES string of the molecule is CC(C)(C)NC(=O)c1cc(N2CCN(Cc3ccc4c(c3)OCO4)CC2)ncn1. The van der Waals surface area contributed by atoms with Gasteiger partial charge in [0.25, 0.3) is 5.91 Å². The molecule has 0 aliphatic carbocycles. The summed E-state index contributed by atoms with van der Waals surface area (Å²) in [6.45, 7) is 10.6. The van der Waals surface area contributed by atoms with Crippen molar-refractivity contribution < 1.29 is 14.3 Å². The van der Waals surface area contributed by atoms with Crippen molar-refractivity contribution in [2.24, 2.45) is 0 Å². The Balaban J connectivity index is 1.35. The lowest BCUT2D eigenvalue weighted by atomic mass is 10.1. The van der Waals surface area contributed by atoms with E-state index in [1.807, 2.05) is 26.8 Å². The zero-order valence-electron chi connectivity index (χ0n) is 17.1. The third-order valence-corrected chi connectivity index (χ3v) is 4.91. The lowest BCUT2D eigenvalue weighted by Crippen LogP contribution is -2.46. The number of anilines is 1. The molecule has 0 radical (unpaired) electrons. The zero-order valence-corrected chi connectivity index (χ0v) is 17.1. The van der Waals surface area contributed by atoms with Gasteiger partial charge in [-0.2, -0.15) is 0 Å². The molecule has 1 aromatic heterocycles. The number of fused-ring (bicyclic) bond motifs is 1. The van der Waals surface area contributed by atoms with Crippen LogP contribution in [0.2, 0.25) is 0 Å². The van der Waals surface area contributed by atoms with E-state index in [1.165, 1.54) is 11.9 Å². The third-order valence-electron chi connectivity index (χ3n) is 4.91. The molecule has 3 heterocycles. The molecule has 1 aromatic carbocycles. The van der Waals surface area contributed by atoms with Crippen LogP contribution in [0.4, 0.5) is 5.82 Å². The molecule has 1 saturated heterocycles. The summed E-state index contributed by atoms with van der Waals surface area (Å²) in [6.07, 6.45) is 1.46. The highest BCUT2D eigenvalue weighted by atomic mass is 16.7. The maximum absolute atomic E-state index is 12.4. The van der Waals surface area contributed by atoms with E-state index in [2.05, 4.69) is 37.2 Å². The molecule has 1 N–H and O–H groups in total. The van der Waals surface area contributed by atoms with Gasteiger partial charge in [0.2, 0.25) is 6.79 Å². The molecule has 154 valence electrons. The van der Waals surface area contributed by atoms with Crippen LogP contribution in [0.3, 0.4) is 0 Å². The van der Waals surface area contributed by atoms with Gasteiger partial charge < -0.3 is 19.7 Å². The molecule has 0 bridgehead atoms. The normalized spacial score (nSPS) is 16.7. The van der Waals surface area contributed by atoms with E-state index in [1.54, 1.807) is 6.07 Å². The molecule has 1 amide bonds. The number of carbonyl (C=O) groups is 1. The molecule has 2 aliphatic rings. The lowest BCUT2D eigenvalue weighted by molar-refractivity contribution is 0.0914. The van der Waals surface area contributed by atoms with E-state index >= 15 is 0 Å². The van der Waals surface area contributed by atoms with Crippen molar-refractivity contribution in [2.45, 2.75) is 32.9 Å². The minimum atomic E-state index is -0.303. The predicted molar refractivity (Wildman–Crippen MR) is 109 cm³/mol. The van der Waals surface area contributed by atoms with Crippen LogP contribution in [0.1, 0.15) is 36.8 Å². The van der Waals surface area contributed by atoms with E-state index in [9.17, 15) is 4.79 Å². The first-order valence-electron chi connectivity index (χ1n) is 9.88. The fourth-order valence-corrected chi connectivity index (χ4v) is 3.48. The molecule has 0 unspecified atom stereocenters. The molecule has 8 nitrogen and oxygen atoms in total. The number of amides is 1. The number of ether oxygens (including phenoxy) is 2. The predicted octanol–water partition coefficient (Wildman–Crippen LogP) is 2.06. The van der Waals surface area contributed by atoms with Crippen LogP contribution in [0, 0.1) is 0 Å². The second kappa shape index (κ2) is 7.87. The van der Waals surface area contributed by atoms with Crippen LogP contribution >= 0.6 is 0 Å². The summed E-state index contributed by atoms with van der Waals surface area (Å²) in [5.74, 6) is 2.25. The van der Waals surface area contributed by atoms with Crippen molar-refractivity contribution in [3.63, 3.8) is 0 Å². The second-order valence-corrected chi connectivity index (χ2v) is 8.42. The van der Waals surface area contributed by atoms with Gasteiger partial charge in [-0.3, -0.25) is 9.69 Å². The number of carbonyl (C=O) groups excluding carboxylic acids is 1. The van der Waals surface area contributed by atoms with Crippen molar-refractivity contribution in [3.05, 3.63) is 41.9 Å². The summed E-state index contributed by atoms with van der Waals surface area (Å²) in [4.78, 5) is 25.5. The first-order chi connectivity index (χ1) is 13.9. The summed E-state index contributed by atoms with van der Waals surface area (Å²) in [7, 11) is 0. The number of rotatable bonds is 4. The lowest BCUT2D eigenvalue weighted by Gasteiger charge is -2.35. The summed E-state index contributed by atoms with van der Waals surface area (Å²) >= 11 is 0. The van der Waals surface area contributed by atoms with Gasteiger partial charge in [-0.1, -0.05) is 6.07 Å². The Labute approximate surface area is 170 Å². The van der Waals surface area contributed by atoms with Crippen molar-refractivity contribution in [1.82, 2.24) is 20.2 Å². The molecular formula is C21H27N5O3. The van der Waals surface area contributed by atoms with Gasteiger partial charge >= 0.3 is 0 Å². The Kier molecular flexibility index (Phi) is 5.27. The molecule has 0 saturated carbocycles. The quantitative estimate of drug-likeness (QED) is 0.846. The molecule has 1 fully saturated rings. The molecule has 2 aromatic rings. The Morgan fingerprint density at radius 2 is 1.83 bits per heavy atom. The first-order valence-corrected chi connectivity index (χ1v) is 9.88. The molecule has 29 heavy (non-hydrogen) atoms. The number of hydrogen-bond acceptors (Lipinski definition) is 7. The van der Waals surface area contributed by atoms with Crippen LogP contribution in [0.5, 0.6) is 11.5 Å². The van der Waals surface area contributed by atoms with Crippen LogP contribution in [-0.2, 0) is 6.54 Å². The van der Waals surface area contributed by atoms with Gasteiger partial charge in [0.1, 0.15) is 17.8 Å². The van der Waals surface area contributed by atoms with Gasteiger partial charge in [0.15, 0.2) is 11.5 Å². The van der Waals surface area contributed by atoms with Crippen molar-refractivity contribution in [3.8, 4) is 11.5 Å². The van der Waals surface area contributed by atoms with Gasteiger partial charge in [0.05, 0.1) is 0 Å². The minimum Gasteiger partial charge on any atom is -0.454 e. The van der Waals surface area contributed by atoms with Gasteiger partial charge in [-0.25, -0.2) is 9.97 Å². The fraction of sp³-hybridized carbons (Fsp3) is 0.476. The number of benzene rings is 1. The summed E-state index contributed by atoms with van der Waals surface area (Å²) in [5.41, 5.74) is 1.31. The molecule has 0 spiro atoms. The number of hydrogen-bond donors (Lipinski definition) is 1. The highest BCUT2D eigenvalue weighted by Crippen LogP contribution is 2.32. The highest BCUT2D eigenvalue weighted by Gasteiger charge is 2.22. The maximum Gasteiger partial charge on any atom is 0.270 e. The number of nitrogens with zero attached hydrogens (tertiary/aromatic N) is 4. The first kappa shape index (κ1) is 19.4. The topological polar surface area (TPSA) is 79.8 Å². The number of aromatic nitrogens is 2. The van der Waals surface area contributed by atoms with E-state index in [4.69, 9.17) is 9.47 Å². The van der Waals surface area contributed by atoms with Gasteiger partial charge in [0, 0.05) is 44.3 Å². The van der Waals surface area contributed by atoms with E-state index in [-0.39, 0.29) is 11.4 Å². The van der Waals surface area contributed by atoms with Crippen LogP contribution < -0.4 is 19.7 Å². The number of nitrogens with one attached hydrogen (secondary N) is 1. The largest absolute Gasteiger partial charge is 0.454 e. The standard InChI is InChI=1S/C21H27N5O3/c1-21(2,3)24-20(27)16-11-19(23-13-22-16)26-8-6-25(7-9-26)12-15-4-5-17-18(10-15)29-14-28-17/h4-5,10-11,13H,6-9,12,14H2,1-3H3,(H,24,27). The Morgan fingerprint density at radius 1 is 1.07 bits per heavy atom. The minimum absolute atomic E-state index is 0.178. The van der Waals surface area contributed by atoms with Crippen LogP contribution in [0.25, 0.3) is 0 Å². The summed E-state index contributed by atoms with van der Waals surface area (Å²) in [6, 6.07) is 7.89. The van der Waals surface area contributed by atoms with Crippen molar-refractivity contribution >= 4 is 11.7 Å². The summed E-state index contributed by atoms with van der Waals surface area (Å²) < 4.78 is 10.8. The van der Waals surface area contributed by atoms with E-state index in [0.717, 1.165) is 50.0 Å². The fourth-order valence-electron chi connectivity index (χ4n) is 3.48. The molecule has 2 aliphatic heterocycles. The Morgan fingerprint density at radius 3 is 2.59 bits per heavy atom.